The first-order chi connectivity index (χ1) is 11.1. The Kier molecular flexibility index (Phi) is 9.04. The molecule has 0 aliphatic carbocycles. The summed E-state index contributed by atoms with van der Waals surface area (Å²) in [5, 5.41) is 3.15. The molecule has 1 fully saturated rings. The van der Waals surface area contributed by atoms with Crippen LogP contribution in [0, 0.1) is 0 Å². The zero-order chi connectivity index (χ0) is 16.7. The summed E-state index contributed by atoms with van der Waals surface area (Å²) in [6.07, 6.45) is 2.45. The van der Waals surface area contributed by atoms with Crippen molar-refractivity contribution < 1.29 is 9.47 Å². The van der Waals surface area contributed by atoms with Gasteiger partial charge in [0.2, 0.25) is 0 Å². The summed E-state index contributed by atoms with van der Waals surface area (Å²) < 4.78 is 11.4. The van der Waals surface area contributed by atoms with Crippen LogP contribution in [0.15, 0.2) is 23.2 Å². The molecule has 1 atom stereocenters. The fraction of sp³-hybridized carbons (Fsp3) is 0.588. The summed E-state index contributed by atoms with van der Waals surface area (Å²) in [6.45, 7) is 8.10. The fourth-order valence-corrected chi connectivity index (χ4v) is 3.76. The van der Waals surface area contributed by atoms with Crippen LogP contribution in [0.5, 0.6) is 11.5 Å². The summed E-state index contributed by atoms with van der Waals surface area (Å²) >= 11 is 1.98. The van der Waals surface area contributed by atoms with Gasteiger partial charge in [0.1, 0.15) is 11.5 Å². The largest absolute Gasteiger partial charge is 0.494 e. The second kappa shape index (κ2) is 10.2. The zero-order valence-electron chi connectivity index (χ0n) is 14.6. The lowest BCUT2D eigenvalue weighted by atomic mass is 10.1. The molecule has 1 aromatic rings. The number of halogens is 1. The van der Waals surface area contributed by atoms with Crippen molar-refractivity contribution in [3.05, 3.63) is 18.2 Å². The lowest BCUT2D eigenvalue weighted by Crippen LogP contribution is -2.27. The molecular formula is C17H28IN3O2S. The molecule has 136 valence electrons. The summed E-state index contributed by atoms with van der Waals surface area (Å²) in [6, 6.07) is 5.67. The molecule has 5 nitrogen and oxygen atoms in total. The van der Waals surface area contributed by atoms with Crippen molar-refractivity contribution >= 4 is 47.4 Å². The third-order valence-electron chi connectivity index (χ3n) is 3.71. The van der Waals surface area contributed by atoms with Crippen molar-refractivity contribution in [1.29, 1.82) is 0 Å². The Bertz CT molecular complexity index is 549. The fourth-order valence-electron chi connectivity index (χ4n) is 2.54. The standard InChI is InChI=1S/C17H27N3O2S.HI/c1-4-21-13-7-8-15(22-5-2)14(11-13)20-16(18)19-12-17(3)9-6-10-23-17;/h7-8,11H,4-6,9-10,12H2,1-3H3,(H3,18,19,20);1H. The summed E-state index contributed by atoms with van der Waals surface area (Å²) in [5.74, 6) is 3.15. The molecule has 1 aliphatic heterocycles. The normalized spacial score (nSPS) is 20.4. The van der Waals surface area contributed by atoms with Gasteiger partial charge in [0.25, 0.3) is 0 Å². The third-order valence-corrected chi connectivity index (χ3v) is 5.23. The minimum absolute atomic E-state index is 0. The topological polar surface area (TPSA) is 68.9 Å². The monoisotopic (exact) mass is 465 g/mol. The first kappa shape index (κ1) is 21.2. The number of hydrogen-bond acceptors (Lipinski definition) is 4. The molecule has 1 aromatic carbocycles. The molecule has 1 saturated heterocycles. The SMILES string of the molecule is CCOc1ccc(OCC)c(NC(N)=NCC2(C)CCCS2)c1.I. The minimum atomic E-state index is 0. The molecule has 0 spiro atoms. The van der Waals surface area contributed by atoms with Gasteiger partial charge in [0.05, 0.1) is 25.4 Å². The zero-order valence-corrected chi connectivity index (χ0v) is 17.8. The molecule has 2 rings (SSSR count). The third kappa shape index (κ3) is 6.23. The van der Waals surface area contributed by atoms with Crippen molar-refractivity contribution in [2.75, 3.05) is 30.8 Å². The predicted octanol–water partition coefficient (Wildman–Crippen LogP) is 4.11. The number of aliphatic imine (C=N–C) groups is 1. The van der Waals surface area contributed by atoms with Crippen LogP contribution in [0.25, 0.3) is 0 Å². The molecule has 3 N–H and O–H groups in total. The van der Waals surface area contributed by atoms with Gasteiger partial charge in [-0.15, -0.1) is 24.0 Å². The van der Waals surface area contributed by atoms with Gasteiger partial charge >= 0.3 is 0 Å². The number of guanidine groups is 1. The molecule has 0 radical (unpaired) electrons. The average Bonchev–Trinajstić information content (AvgIpc) is 2.96. The Balaban J connectivity index is 0.00000288. The molecule has 1 unspecified atom stereocenters. The van der Waals surface area contributed by atoms with Gasteiger partial charge in [-0.1, -0.05) is 0 Å². The van der Waals surface area contributed by atoms with E-state index >= 15 is 0 Å². The van der Waals surface area contributed by atoms with Gasteiger partial charge < -0.3 is 20.5 Å². The van der Waals surface area contributed by atoms with E-state index in [9.17, 15) is 0 Å². The number of thioether (sulfide) groups is 1. The average molecular weight is 465 g/mol. The number of nitrogens with one attached hydrogen (secondary N) is 1. The number of nitrogens with two attached hydrogens (primary N) is 1. The van der Waals surface area contributed by atoms with E-state index < -0.39 is 0 Å². The van der Waals surface area contributed by atoms with Crippen molar-refractivity contribution in [2.45, 2.75) is 38.4 Å². The lowest BCUT2D eigenvalue weighted by molar-refractivity contribution is 0.332. The number of anilines is 1. The van der Waals surface area contributed by atoms with E-state index in [1.807, 2.05) is 43.8 Å². The van der Waals surface area contributed by atoms with E-state index in [1.54, 1.807) is 0 Å². The maximum absolute atomic E-state index is 6.07. The Hall–Kier alpha value is -0.830. The van der Waals surface area contributed by atoms with Crippen molar-refractivity contribution in [2.24, 2.45) is 10.7 Å². The maximum Gasteiger partial charge on any atom is 0.193 e. The molecule has 0 amide bonds. The summed E-state index contributed by atoms with van der Waals surface area (Å²) in [7, 11) is 0. The number of benzene rings is 1. The van der Waals surface area contributed by atoms with Crippen LogP contribution in [-0.2, 0) is 0 Å². The number of hydrogen-bond donors (Lipinski definition) is 2. The van der Waals surface area contributed by atoms with Gasteiger partial charge in [-0.25, -0.2) is 0 Å². The van der Waals surface area contributed by atoms with E-state index in [0.29, 0.717) is 19.2 Å². The van der Waals surface area contributed by atoms with Gasteiger partial charge in [-0.3, -0.25) is 4.99 Å². The molecule has 7 heteroatoms. The maximum atomic E-state index is 6.07. The molecule has 0 saturated carbocycles. The number of ether oxygens (including phenoxy) is 2. The quantitative estimate of drug-likeness (QED) is 0.360. The molecule has 1 heterocycles. The Morgan fingerprint density at radius 2 is 2.08 bits per heavy atom. The van der Waals surface area contributed by atoms with Gasteiger partial charge in [0, 0.05) is 10.8 Å². The van der Waals surface area contributed by atoms with Crippen LogP contribution in [0.4, 0.5) is 5.69 Å². The van der Waals surface area contributed by atoms with Crippen LogP contribution >= 0.6 is 35.7 Å². The van der Waals surface area contributed by atoms with Crippen LogP contribution < -0.4 is 20.5 Å². The second-order valence-electron chi connectivity index (χ2n) is 5.75. The van der Waals surface area contributed by atoms with Gasteiger partial charge in [-0.05, 0) is 51.5 Å². The van der Waals surface area contributed by atoms with Crippen molar-refractivity contribution in [3.63, 3.8) is 0 Å². The van der Waals surface area contributed by atoms with Crippen LogP contribution in [0.2, 0.25) is 0 Å². The molecule has 1 aliphatic rings. The molecule has 0 aromatic heterocycles. The van der Waals surface area contributed by atoms with Gasteiger partial charge in [-0.2, -0.15) is 11.8 Å². The van der Waals surface area contributed by atoms with Crippen molar-refractivity contribution in [1.82, 2.24) is 0 Å². The van der Waals surface area contributed by atoms with E-state index in [0.717, 1.165) is 23.7 Å². The van der Waals surface area contributed by atoms with E-state index in [2.05, 4.69) is 17.2 Å². The van der Waals surface area contributed by atoms with Crippen LogP contribution in [-0.4, -0.2) is 36.2 Å². The van der Waals surface area contributed by atoms with Crippen molar-refractivity contribution in [3.8, 4) is 11.5 Å². The minimum Gasteiger partial charge on any atom is -0.494 e. The molecule has 0 bridgehead atoms. The first-order valence-electron chi connectivity index (χ1n) is 8.17. The molecule has 24 heavy (non-hydrogen) atoms. The highest BCUT2D eigenvalue weighted by Gasteiger charge is 2.29. The molecular weight excluding hydrogens is 437 g/mol. The summed E-state index contributed by atoms with van der Waals surface area (Å²) in [4.78, 5) is 4.52. The summed E-state index contributed by atoms with van der Waals surface area (Å²) in [5.41, 5.74) is 6.85. The number of nitrogens with zero attached hydrogens (tertiary/aromatic N) is 1. The van der Waals surface area contributed by atoms with Gasteiger partial charge in [0.15, 0.2) is 5.96 Å². The smallest absolute Gasteiger partial charge is 0.193 e. The lowest BCUT2D eigenvalue weighted by Gasteiger charge is -2.20. The second-order valence-corrected chi connectivity index (χ2v) is 7.43. The Morgan fingerprint density at radius 3 is 2.71 bits per heavy atom. The Morgan fingerprint density at radius 1 is 1.33 bits per heavy atom. The highest BCUT2D eigenvalue weighted by atomic mass is 127. The van der Waals surface area contributed by atoms with Crippen LogP contribution in [0.3, 0.4) is 0 Å². The first-order valence-corrected chi connectivity index (χ1v) is 9.15. The van der Waals surface area contributed by atoms with E-state index in [4.69, 9.17) is 15.2 Å². The Labute approximate surface area is 166 Å². The van der Waals surface area contributed by atoms with E-state index in [1.165, 1.54) is 18.6 Å². The highest BCUT2D eigenvalue weighted by Crippen LogP contribution is 2.37. The van der Waals surface area contributed by atoms with Crippen LogP contribution in [0.1, 0.15) is 33.6 Å². The number of rotatable bonds is 7. The van der Waals surface area contributed by atoms with E-state index in [-0.39, 0.29) is 28.7 Å². The predicted molar refractivity (Wildman–Crippen MR) is 114 cm³/mol. The highest BCUT2D eigenvalue weighted by molar-refractivity contribution is 14.0.